The normalized spacial score (nSPS) is 21.4. The van der Waals surface area contributed by atoms with Crippen LogP contribution >= 0.6 is 11.8 Å². The Morgan fingerprint density at radius 3 is 2.64 bits per heavy atom. The molecule has 1 rings (SSSR count). The first-order valence-electron chi connectivity index (χ1n) is 5.67. The maximum absolute atomic E-state index is 3.42. The number of rotatable bonds is 5. The number of thioether (sulfide) groups is 1. The van der Waals surface area contributed by atoms with Crippen molar-refractivity contribution in [2.75, 3.05) is 32.1 Å². The van der Waals surface area contributed by atoms with Gasteiger partial charge in [-0.25, -0.2) is 0 Å². The number of nitrogens with one attached hydrogen (secondary N) is 1. The molecule has 0 aromatic rings. The summed E-state index contributed by atoms with van der Waals surface area (Å²) in [5.41, 5.74) is 0. The van der Waals surface area contributed by atoms with Gasteiger partial charge >= 0.3 is 0 Å². The molecule has 0 aromatic heterocycles. The molecule has 0 bridgehead atoms. The molecule has 1 aliphatic rings. The molecule has 0 amide bonds. The second-order valence-electron chi connectivity index (χ2n) is 4.28. The van der Waals surface area contributed by atoms with E-state index in [-0.39, 0.29) is 0 Å². The summed E-state index contributed by atoms with van der Waals surface area (Å²) in [5.74, 6) is 1.29. The molecule has 1 saturated heterocycles. The lowest BCUT2D eigenvalue weighted by Crippen LogP contribution is -2.45. The highest BCUT2D eigenvalue weighted by Crippen LogP contribution is 2.15. The third-order valence-corrected chi connectivity index (χ3v) is 3.96. The summed E-state index contributed by atoms with van der Waals surface area (Å²) in [5, 5.41) is 3.42. The maximum Gasteiger partial charge on any atom is 0.0119 e. The largest absolute Gasteiger partial charge is 0.317 e. The molecular formula is C11H24N2S. The molecule has 1 unspecified atom stereocenters. The fourth-order valence-corrected chi connectivity index (χ4v) is 2.64. The number of hydrogen-bond acceptors (Lipinski definition) is 3. The molecule has 0 aliphatic carbocycles. The van der Waals surface area contributed by atoms with Crippen LogP contribution in [0, 0.1) is 0 Å². The van der Waals surface area contributed by atoms with Crippen LogP contribution in [0.25, 0.3) is 0 Å². The minimum absolute atomic E-state index is 0.741. The van der Waals surface area contributed by atoms with Gasteiger partial charge < -0.3 is 10.2 Å². The summed E-state index contributed by atoms with van der Waals surface area (Å²) in [6, 6.07) is 1.55. The Balaban J connectivity index is 2.26. The number of nitrogens with zero attached hydrogens (tertiary/aromatic N) is 1. The van der Waals surface area contributed by atoms with Crippen molar-refractivity contribution in [2.45, 2.75) is 38.3 Å². The molecule has 0 radical (unpaired) electrons. The zero-order valence-corrected chi connectivity index (χ0v) is 10.6. The molecule has 14 heavy (non-hydrogen) atoms. The minimum Gasteiger partial charge on any atom is -0.317 e. The van der Waals surface area contributed by atoms with E-state index < -0.39 is 0 Å². The second kappa shape index (κ2) is 6.70. The van der Waals surface area contributed by atoms with E-state index in [0.717, 1.165) is 12.1 Å². The topological polar surface area (TPSA) is 15.3 Å². The maximum atomic E-state index is 3.42. The Morgan fingerprint density at radius 2 is 2.07 bits per heavy atom. The summed E-state index contributed by atoms with van der Waals surface area (Å²) >= 11 is 1.96. The van der Waals surface area contributed by atoms with E-state index in [1.165, 1.54) is 38.1 Å². The Bertz CT molecular complexity index is 146. The van der Waals surface area contributed by atoms with Crippen molar-refractivity contribution < 1.29 is 0 Å². The van der Waals surface area contributed by atoms with Crippen LogP contribution in [0.15, 0.2) is 0 Å². The Kier molecular flexibility index (Phi) is 5.90. The summed E-state index contributed by atoms with van der Waals surface area (Å²) < 4.78 is 0. The van der Waals surface area contributed by atoms with Gasteiger partial charge in [-0.3, -0.25) is 0 Å². The molecule has 0 saturated carbocycles. The van der Waals surface area contributed by atoms with E-state index >= 15 is 0 Å². The number of piperidine rings is 1. The lowest BCUT2D eigenvalue weighted by molar-refractivity contribution is 0.150. The highest BCUT2D eigenvalue weighted by Gasteiger charge is 2.21. The average molecular weight is 216 g/mol. The van der Waals surface area contributed by atoms with Crippen molar-refractivity contribution in [3.63, 3.8) is 0 Å². The lowest BCUT2D eigenvalue weighted by atomic mass is 10.0. The highest BCUT2D eigenvalue weighted by molar-refractivity contribution is 7.98. The van der Waals surface area contributed by atoms with E-state index in [4.69, 9.17) is 0 Å². The first-order chi connectivity index (χ1) is 6.75. The van der Waals surface area contributed by atoms with Crippen molar-refractivity contribution in [3.05, 3.63) is 0 Å². The lowest BCUT2D eigenvalue weighted by Gasteiger charge is -2.35. The summed E-state index contributed by atoms with van der Waals surface area (Å²) in [6.07, 6.45) is 6.15. The molecule has 1 heterocycles. The van der Waals surface area contributed by atoms with Crippen LogP contribution in [0.2, 0.25) is 0 Å². The van der Waals surface area contributed by atoms with Crippen molar-refractivity contribution in [2.24, 2.45) is 0 Å². The number of hydrogen-bond donors (Lipinski definition) is 1. The van der Waals surface area contributed by atoms with E-state index in [2.05, 4.69) is 30.4 Å². The van der Waals surface area contributed by atoms with Gasteiger partial charge in [0.2, 0.25) is 0 Å². The van der Waals surface area contributed by atoms with E-state index in [9.17, 15) is 0 Å². The van der Waals surface area contributed by atoms with Gasteiger partial charge in [0.1, 0.15) is 0 Å². The standard InChI is InChI=1S/C11H24N2S/c1-10(6-9-14-3)13(2)11-4-7-12-8-5-11/h10-12H,4-9H2,1-3H3. The molecular weight excluding hydrogens is 192 g/mol. The van der Waals surface area contributed by atoms with Crippen LogP contribution in [-0.4, -0.2) is 49.1 Å². The van der Waals surface area contributed by atoms with Gasteiger partial charge in [-0.2, -0.15) is 11.8 Å². The van der Waals surface area contributed by atoms with E-state index in [1.54, 1.807) is 0 Å². The SMILES string of the molecule is CSCCC(C)N(C)C1CCNCC1. The van der Waals surface area contributed by atoms with E-state index in [0.29, 0.717) is 0 Å². The van der Waals surface area contributed by atoms with Crippen molar-refractivity contribution >= 4 is 11.8 Å². The average Bonchev–Trinajstić information content (AvgIpc) is 2.26. The van der Waals surface area contributed by atoms with Gasteiger partial charge in [0.15, 0.2) is 0 Å². The quantitative estimate of drug-likeness (QED) is 0.754. The Morgan fingerprint density at radius 1 is 1.43 bits per heavy atom. The van der Waals surface area contributed by atoms with Gasteiger partial charge in [-0.15, -0.1) is 0 Å². The van der Waals surface area contributed by atoms with Crippen LogP contribution in [0.4, 0.5) is 0 Å². The third-order valence-electron chi connectivity index (χ3n) is 3.32. The summed E-state index contributed by atoms with van der Waals surface area (Å²) in [7, 11) is 2.29. The molecule has 84 valence electrons. The van der Waals surface area contributed by atoms with Crippen LogP contribution < -0.4 is 5.32 Å². The molecule has 1 fully saturated rings. The van der Waals surface area contributed by atoms with Crippen LogP contribution in [-0.2, 0) is 0 Å². The van der Waals surface area contributed by atoms with Gasteiger partial charge in [0.05, 0.1) is 0 Å². The summed E-state index contributed by atoms with van der Waals surface area (Å²) in [4.78, 5) is 2.58. The molecule has 2 nitrogen and oxygen atoms in total. The fourth-order valence-electron chi connectivity index (χ4n) is 2.07. The fraction of sp³-hybridized carbons (Fsp3) is 1.00. The zero-order valence-electron chi connectivity index (χ0n) is 9.75. The van der Waals surface area contributed by atoms with Crippen LogP contribution in [0.5, 0.6) is 0 Å². The summed E-state index contributed by atoms with van der Waals surface area (Å²) in [6.45, 7) is 4.76. The monoisotopic (exact) mass is 216 g/mol. The van der Waals surface area contributed by atoms with Crippen molar-refractivity contribution in [1.29, 1.82) is 0 Å². The Labute approximate surface area is 92.8 Å². The predicted octanol–water partition coefficient (Wildman–Crippen LogP) is 1.81. The molecule has 1 aliphatic heterocycles. The van der Waals surface area contributed by atoms with Gasteiger partial charge in [-0.05, 0) is 58.3 Å². The highest BCUT2D eigenvalue weighted by atomic mass is 32.2. The molecule has 0 aromatic carbocycles. The second-order valence-corrected chi connectivity index (χ2v) is 5.26. The first kappa shape index (κ1) is 12.3. The van der Waals surface area contributed by atoms with Crippen molar-refractivity contribution in [3.8, 4) is 0 Å². The van der Waals surface area contributed by atoms with Gasteiger partial charge in [-0.1, -0.05) is 0 Å². The van der Waals surface area contributed by atoms with Gasteiger partial charge in [0, 0.05) is 12.1 Å². The van der Waals surface area contributed by atoms with Crippen LogP contribution in [0.3, 0.4) is 0 Å². The molecule has 3 heteroatoms. The van der Waals surface area contributed by atoms with Crippen molar-refractivity contribution in [1.82, 2.24) is 10.2 Å². The smallest absolute Gasteiger partial charge is 0.0119 e. The molecule has 1 atom stereocenters. The third kappa shape index (κ3) is 3.79. The predicted molar refractivity (Wildman–Crippen MR) is 66.1 cm³/mol. The first-order valence-corrected chi connectivity index (χ1v) is 7.06. The van der Waals surface area contributed by atoms with Crippen LogP contribution in [0.1, 0.15) is 26.2 Å². The molecule has 1 N–H and O–H groups in total. The van der Waals surface area contributed by atoms with E-state index in [1.807, 2.05) is 11.8 Å². The molecule has 0 spiro atoms. The minimum atomic E-state index is 0.741. The van der Waals surface area contributed by atoms with Gasteiger partial charge in [0.25, 0.3) is 0 Å². The zero-order chi connectivity index (χ0) is 10.4. The Hall–Kier alpha value is 0.270.